The number of nitrogens with one attached hydrogen (secondary N) is 1. The van der Waals surface area contributed by atoms with Gasteiger partial charge < -0.3 is 9.88 Å². The molecule has 329 valence electrons. The van der Waals surface area contributed by atoms with Crippen molar-refractivity contribution in [2.45, 2.75) is 103 Å². The molecule has 1 N–H and O–H groups in total. The first-order chi connectivity index (χ1) is 32.4. The fourth-order valence-electron chi connectivity index (χ4n) is 12.3. The zero-order valence-electron chi connectivity index (χ0n) is 40.3. The number of para-hydroxylation sites is 1. The largest absolute Gasteiger partial charge is 0.355 e. The van der Waals surface area contributed by atoms with Crippen LogP contribution in [-0.4, -0.2) is 11.8 Å². The highest BCUT2D eigenvalue weighted by Gasteiger charge is 2.41. The fraction of sp³-hybridized carbons (Fsp3) is 0.250. The van der Waals surface area contributed by atoms with E-state index in [1.807, 2.05) is 0 Å². The van der Waals surface area contributed by atoms with Crippen LogP contribution in [-0.2, 0) is 22.7 Å². The Labute approximate surface area is 398 Å². The molecule has 8 aromatic carbocycles. The van der Waals surface area contributed by atoms with Crippen molar-refractivity contribution in [2.24, 2.45) is 0 Å². The lowest BCUT2D eigenvalue weighted by atomic mass is 9.58. The van der Waals surface area contributed by atoms with E-state index in [0.29, 0.717) is 0 Å². The van der Waals surface area contributed by atoms with Crippen LogP contribution in [0.1, 0.15) is 108 Å². The van der Waals surface area contributed by atoms with E-state index in [0.717, 1.165) is 17.8 Å². The lowest BCUT2D eigenvalue weighted by molar-refractivity contribution is 0.332. The molecule has 3 heteroatoms. The quantitative estimate of drug-likeness (QED) is 0.113. The zero-order valence-corrected chi connectivity index (χ0v) is 40.3. The normalized spacial score (nSPS) is 15.7. The molecule has 1 aromatic heterocycles. The third kappa shape index (κ3) is 6.59. The molecule has 12 rings (SSSR count). The van der Waals surface area contributed by atoms with Crippen LogP contribution >= 0.6 is 0 Å². The maximum atomic E-state index is 3.93. The first-order valence-corrected chi connectivity index (χ1v) is 24.9. The van der Waals surface area contributed by atoms with Crippen molar-refractivity contribution in [3.8, 4) is 50.2 Å². The fourth-order valence-corrected chi connectivity index (χ4v) is 12.3. The smallest absolute Gasteiger partial charge is 0.197 e. The van der Waals surface area contributed by atoms with Gasteiger partial charge >= 0.3 is 0 Å². The molecule has 0 atom stereocenters. The summed E-state index contributed by atoms with van der Waals surface area (Å²) in [6.45, 7) is 17.0. The van der Waals surface area contributed by atoms with Gasteiger partial charge in [-0.25, -0.2) is 0 Å². The van der Waals surface area contributed by atoms with Gasteiger partial charge in [0.15, 0.2) is 7.28 Å². The Morgan fingerprint density at radius 1 is 0.537 bits per heavy atom. The van der Waals surface area contributed by atoms with E-state index in [9.17, 15) is 0 Å². The summed E-state index contributed by atoms with van der Waals surface area (Å²) in [6.07, 6.45) is 7.19. The number of nitrogens with zero attached hydrogens (tertiary/aromatic N) is 1. The van der Waals surface area contributed by atoms with Crippen molar-refractivity contribution in [1.29, 1.82) is 0 Å². The molecular weight excluding hydrogens is 808 g/mol. The van der Waals surface area contributed by atoms with E-state index in [1.165, 1.54) is 143 Å². The summed E-state index contributed by atoms with van der Waals surface area (Å²) in [7, 11) is 2.54. The minimum absolute atomic E-state index is 0.0509. The molecule has 0 bridgehead atoms. The number of anilines is 2. The molecule has 2 nitrogen and oxygen atoms in total. The van der Waals surface area contributed by atoms with Crippen LogP contribution in [0.25, 0.3) is 72.0 Å². The minimum Gasteiger partial charge on any atom is -0.355 e. The standard InChI is InChI=1S/C64H60BN2/c1-8-9-11-20-40-29-31-42(32-30-40)66-56-28-19-17-26-46(56)49-35-48(44-24-15-14-23-43(44)41-21-12-10-13-22-41)59-50-36-53-54(63(4,5)34-33-62(53,2)3)39-57(50)67-58-37-47-45-25-16-18-27-51(45)64(6,7)52(47)38-55(58)65-60(49)61(59)67/h10,12-19,21-32,35-39,66H,8-9,11,20,33-34H2,1-7H3. The van der Waals surface area contributed by atoms with Crippen LogP contribution in [0.15, 0.2) is 158 Å². The molecule has 2 heterocycles. The monoisotopic (exact) mass is 867 g/mol. The molecule has 9 aromatic rings. The van der Waals surface area contributed by atoms with E-state index in [4.69, 9.17) is 0 Å². The molecule has 0 amide bonds. The highest BCUT2D eigenvalue weighted by molar-refractivity contribution is 6.73. The maximum absolute atomic E-state index is 3.93. The summed E-state index contributed by atoms with van der Waals surface area (Å²) < 4.78 is 2.69. The number of unbranched alkanes of at least 4 members (excludes halogenated alkanes) is 2. The third-order valence-electron chi connectivity index (χ3n) is 16.1. The number of benzene rings is 8. The highest BCUT2D eigenvalue weighted by Crippen LogP contribution is 2.53. The van der Waals surface area contributed by atoms with Crippen LogP contribution in [0, 0.1) is 0 Å². The van der Waals surface area contributed by atoms with Gasteiger partial charge in [0.2, 0.25) is 0 Å². The van der Waals surface area contributed by atoms with Crippen molar-refractivity contribution in [3.05, 3.63) is 186 Å². The third-order valence-corrected chi connectivity index (χ3v) is 16.1. The van der Waals surface area contributed by atoms with Crippen LogP contribution in [0.3, 0.4) is 0 Å². The lowest BCUT2D eigenvalue weighted by Crippen LogP contribution is -2.38. The van der Waals surface area contributed by atoms with E-state index >= 15 is 0 Å². The van der Waals surface area contributed by atoms with Crippen LogP contribution in [0.2, 0.25) is 0 Å². The summed E-state index contributed by atoms with van der Waals surface area (Å²) in [5, 5.41) is 6.59. The first kappa shape index (κ1) is 41.8. The number of hydrogen-bond donors (Lipinski definition) is 1. The van der Waals surface area contributed by atoms with Gasteiger partial charge in [0.05, 0.1) is 5.52 Å². The summed E-state index contributed by atoms with van der Waals surface area (Å²) in [4.78, 5) is 0. The average Bonchev–Trinajstić information content (AvgIpc) is 3.79. The van der Waals surface area contributed by atoms with E-state index in [-0.39, 0.29) is 16.2 Å². The Kier molecular flexibility index (Phi) is 9.67. The van der Waals surface area contributed by atoms with Crippen molar-refractivity contribution >= 4 is 51.4 Å². The van der Waals surface area contributed by atoms with Gasteiger partial charge in [0, 0.05) is 44.3 Å². The lowest BCUT2D eigenvalue weighted by Gasteiger charge is -2.42. The van der Waals surface area contributed by atoms with Gasteiger partial charge in [-0.1, -0.05) is 182 Å². The number of hydrogen-bond acceptors (Lipinski definition) is 1. The SMILES string of the molecule is CCCCCc1ccc(Nc2ccccc2-c2cc(-c3ccccc3-c3ccccc3)c3c4cc5c(cc4n4c3c2[B]c2cc3c(cc2-4)-c2ccccc2C3(C)C)C(C)(C)CCC5(C)C)cc1. The Bertz CT molecular complexity index is 3440. The van der Waals surface area contributed by atoms with Crippen LogP contribution in [0.5, 0.6) is 0 Å². The van der Waals surface area contributed by atoms with Gasteiger partial charge in [0.25, 0.3) is 0 Å². The van der Waals surface area contributed by atoms with Crippen molar-refractivity contribution < 1.29 is 0 Å². The Morgan fingerprint density at radius 3 is 1.94 bits per heavy atom. The van der Waals surface area contributed by atoms with Gasteiger partial charge in [-0.3, -0.25) is 0 Å². The molecule has 0 unspecified atom stereocenters. The maximum Gasteiger partial charge on any atom is 0.197 e. The van der Waals surface area contributed by atoms with Crippen molar-refractivity contribution in [2.75, 3.05) is 5.32 Å². The molecule has 0 saturated heterocycles. The Hall–Kier alpha value is -6.58. The molecule has 0 fully saturated rings. The molecule has 0 saturated carbocycles. The molecule has 1 aliphatic heterocycles. The van der Waals surface area contributed by atoms with Gasteiger partial charge in [-0.05, 0) is 151 Å². The predicted molar refractivity (Wildman–Crippen MR) is 288 cm³/mol. The van der Waals surface area contributed by atoms with E-state index in [2.05, 4.69) is 223 Å². The van der Waals surface area contributed by atoms with Crippen LogP contribution < -0.4 is 16.2 Å². The van der Waals surface area contributed by atoms with Crippen molar-refractivity contribution in [1.82, 2.24) is 4.57 Å². The average molecular weight is 868 g/mol. The molecular formula is C64H60BN2. The molecule has 2 aliphatic carbocycles. The minimum atomic E-state index is -0.117. The number of aryl methyl sites for hydroxylation is 1. The van der Waals surface area contributed by atoms with Crippen molar-refractivity contribution in [3.63, 3.8) is 0 Å². The van der Waals surface area contributed by atoms with Gasteiger partial charge in [0.1, 0.15) is 0 Å². The van der Waals surface area contributed by atoms with Crippen LogP contribution in [0.4, 0.5) is 11.4 Å². The number of aromatic nitrogens is 1. The summed E-state index contributed by atoms with van der Waals surface area (Å²) in [6, 6.07) is 60.1. The summed E-state index contributed by atoms with van der Waals surface area (Å²) >= 11 is 0. The zero-order chi connectivity index (χ0) is 45.8. The topological polar surface area (TPSA) is 17.0 Å². The molecule has 67 heavy (non-hydrogen) atoms. The second-order valence-electron chi connectivity index (χ2n) is 21.6. The number of fused-ring (bicyclic) bond motifs is 9. The first-order valence-electron chi connectivity index (χ1n) is 24.9. The molecule has 1 radical (unpaired) electrons. The molecule has 3 aliphatic rings. The van der Waals surface area contributed by atoms with Gasteiger partial charge in [-0.15, -0.1) is 0 Å². The Balaban J connectivity index is 1.19. The van der Waals surface area contributed by atoms with Gasteiger partial charge in [-0.2, -0.15) is 0 Å². The Morgan fingerprint density at radius 2 is 1.19 bits per heavy atom. The molecule has 0 spiro atoms. The highest BCUT2D eigenvalue weighted by atomic mass is 15.0. The number of rotatable bonds is 9. The second-order valence-corrected chi connectivity index (χ2v) is 21.6. The van der Waals surface area contributed by atoms with E-state index in [1.54, 1.807) is 0 Å². The van der Waals surface area contributed by atoms with E-state index < -0.39 is 0 Å². The summed E-state index contributed by atoms with van der Waals surface area (Å²) in [5.41, 5.74) is 25.8. The predicted octanol–water partition coefficient (Wildman–Crippen LogP) is 15.9. The second kappa shape index (κ2) is 15.5. The summed E-state index contributed by atoms with van der Waals surface area (Å²) in [5.74, 6) is 0.